The van der Waals surface area contributed by atoms with Crippen molar-refractivity contribution in [1.29, 1.82) is 0 Å². The number of halogens is 2. The summed E-state index contributed by atoms with van der Waals surface area (Å²) in [5.41, 5.74) is 1.42. The van der Waals surface area contributed by atoms with Crippen LogP contribution < -0.4 is 0 Å². The summed E-state index contributed by atoms with van der Waals surface area (Å²) in [6, 6.07) is 4.62. The summed E-state index contributed by atoms with van der Waals surface area (Å²) in [6.45, 7) is 3.75. The van der Waals surface area contributed by atoms with Gasteiger partial charge in [-0.15, -0.1) is 11.3 Å². The minimum atomic E-state index is -0.699. The molecule has 96 valence electrons. The van der Waals surface area contributed by atoms with Crippen LogP contribution in [0.25, 0.3) is 0 Å². The lowest BCUT2D eigenvalue weighted by Gasteiger charge is -2.11. The van der Waals surface area contributed by atoms with Gasteiger partial charge in [-0.05, 0) is 25.5 Å². The molecule has 0 aliphatic carbocycles. The van der Waals surface area contributed by atoms with Crippen LogP contribution in [0.1, 0.15) is 27.2 Å². The first-order valence-electron chi connectivity index (χ1n) is 5.54. The number of benzene rings is 1. The normalized spacial score (nSPS) is 12.7. The Morgan fingerprint density at radius 3 is 2.78 bits per heavy atom. The average molecular weight is 286 g/mol. The highest BCUT2D eigenvalue weighted by Crippen LogP contribution is 2.30. The van der Waals surface area contributed by atoms with Gasteiger partial charge in [0.1, 0.15) is 5.82 Å². The van der Waals surface area contributed by atoms with Crippen LogP contribution in [0.5, 0.6) is 0 Å². The monoisotopic (exact) mass is 285 g/mol. The van der Waals surface area contributed by atoms with Crippen molar-refractivity contribution in [2.45, 2.75) is 26.4 Å². The second-order valence-electron chi connectivity index (χ2n) is 4.12. The van der Waals surface area contributed by atoms with Crippen LogP contribution in [-0.2, 0) is 6.42 Å². The maximum atomic E-state index is 13.3. The van der Waals surface area contributed by atoms with E-state index < -0.39 is 11.9 Å². The number of aliphatic hydroxyl groups is 1. The molecule has 0 aliphatic rings. The van der Waals surface area contributed by atoms with E-state index in [-0.39, 0.29) is 5.02 Å². The molecule has 0 radical (unpaired) electrons. The number of aryl methyl sites for hydroxylation is 2. The van der Waals surface area contributed by atoms with E-state index in [2.05, 4.69) is 4.98 Å². The van der Waals surface area contributed by atoms with Crippen LogP contribution in [-0.4, -0.2) is 10.1 Å². The van der Waals surface area contributed by atoms with Crippen molar-refractivity contribution < 1.29 is 9.50 Å². The van der Waals surface area contributed by atoms with Crippen LogP contribution in [0.15, 0.2) is 18.2 Å². The van der Waals surface area contributed by atoms with Crippen molar-refractivity contribution in [2.24, 2.45) is 0 Å². The predicted octanol–water partition coefficient (Wildman–Crippen LogP) is 3.83. The van der Waals surface area contributed by atoms with Gasteiger partial charge in [-0.1, -0.05) is 23.7 Å². The van der Waals surface area contributed by atoms with Gasteiger partial charge in [0, 0.05) is 6.42 Å². The molecule has 0 saturated heterocycles. The fourth-order valence-corrected chi connectivity index (χ4v) is 2.98. The SMILES string of the molecule is Cc1nc(C)c(C(O)Cc2cccc(F)c2Cl)s1. The van der Waals surface area contributed by atoms with E-state index in [1.54, 1.807) is 12.1 Å². The summed E-state index contributed by atoms with van der Waals surface area (Å²) in [4.78, 5) is 5.08. The number of thiazole rings is 1. The first-order valence-corrected chi connectivity index (χ1v) is 6.73. The Labute approximate surface area is 114 Å². The number of aliphatic hydroxyl groups excluding tert-OH is 1. The molecule has 0 fully saturated rings. The molecule has 1 heterocycles. The Morgan fingerprint density at radius 2 is 2.17 bits per heavy atom. The highest BCUT2D eigenvalue weighted by molar-refractivity contribution is 7.11. The van der Waals surface area contributed by atoms with Gasteiger partial charge in [-0.25, -0.2) is 9.37 Å². The summed E-state index contributed by atoms with van der Waals surface area (Å²) in [5, 5.41) is 11.2. The highest BCUT2D eigenvalue weighted by Gasteiger charge is 2.17. The zero-order chi connectivity index (χ0) is 13.3. The van der Waals surface area contributed by atoms with Crippen molar-refractivity contribution in [2.75, 3.05) is 0 Å². The number of hydrogen-bond acceptors (Lipinski definition) is 3. The van der Waals surface area contributed by atoms with Crippen molar-refractivity contribution in [3.8, 4) is 0 Å². The van der Waals surface area contributed by atoms with Gasteiger partial charge in [0.15, 0.2) is 0 Å². The van der Waals surface area contributed by atoms with E-state index in [4.69, 9.17) is 11.6 Å². The molecule has 1 unspecified atom stereocenters. The van der Waals surface area contributed by atoms with E-state index >= 15 is 0 Å². The quantitative estimate of drug-likeness (QED) is 0.930. The molecule has 2 aromatic rings. The predicted molar refractivity (Wildman–Crippen MR) is 71.7 cm³/mol. The van der Waals surface area contributed by atoms with Gasteiger partial charge in [-0.3, -0.25) is 0 Å². The number of hydrogen-bond donors (Lipinski definition) is 1. The van der Waals surface area contributed by atoms with Gasteiger partial charge >= 0.3 is 0 Å². The first-order chi connectivity index (χ1) is 8.49. The molecule has 1 aromatic carbocycles. The Morgan fingerprint density at radius 1 is 1.44 bits per heavy atom. The third kappa shape index (κ3) is 2.71. The van der Waals surface area contributed by atoms with E-state index in [0.717, 1.165) is 15.6 Å². The smallest absolute Gasteiger partial charge is 0.142 e. The molecule has 0 bridgehead atoms. The summed E-state index contributed by atoms with van der Waals surface area (Å²) < 4.78 is 13.3. The standard InChI is InChI=1S/C13H13ClFNOS/c1-7-13(18-8(2)16-7)11(17)6-9-4-3-5-10(15)12(9)14/h3-5,11,17H,6H2,1-2H3. The first kappa shape index (κ1) is 13.5. The van der Waals surface area contributed by atoms with Crippen LogP contribution >= 0.6 is 22.9 Å². The molecular formula is C13H13ClFNOS. The summed E-state index contributed by atoms with van der Waals surface area (Å²) in [7, 11) is 0. The molecule has 0 amide bonds. The van der Waals surface area contributed by atoms with E-state index in [1.807, 2.05) is 13.8 Å². The second-order valence-corrected chi connectivity index (χ2v) is 5.73. The third-order valence-electron chi connectivity index (χ3n) is 2.69. The molecule has 1 N–H and O–H groups in total. The zero-order valence-corrected chi connectivity index (χ0v) is 11.6. The van der Waals surface area contributed by atoms with E-state index in [0.29, 0.717) is 12.0 Å². The molecule has 1 aromatic heterocycles. The molecule has 2 rings (SSSR count). The fourth-order valence-electron chi connectivity index (χ4n) is 1.86. The van der Waals surface area contributed by atoms with Gasteiger partial charge in [0.05, 0.1) is 26.7 Å². The maximum absolute atomic E-state index is 13.3. The summed E-state index contributed by atoms with van der Waals surface area (Å²) >= 11 is 7.33. The topological polar surface area (TPSA) is 33.1 Å². The molecule has 0 saturated carbocycles. The Kier molecular flexibility index (Phi) is 4.00. The van der Waals surface area contributed by atoms with Gasteiger partial charge in [0.2, 0.25) is 0 Å². The number of aromatic nitrogens is 1. The van der Waals surface area contributed by atoms with Gasteiger partial charge < -0.3 is 5.11 Å². The molecule has 0 aliphatic heterocycles. The van der Waals surface area contributed by atoms with Crippen LogP contribution in [0, 0.1) is 19.7 Å². The minimum Gasteiger partial charge on any atom is -0.387 e. The maximum Gasteiger partial charge on any atom is 0.142 e. The molecule has 2 nitrogen and oxygen atoms in total. The molecular weight excluding hydrogens is 273 g/mol. The van der Waals surface area contributed by atoms with E-state index in [9.17, 15) is 9.50 Å². The summed E-state index contributed by atoms with van der Waals surface area (Å²) in [6.07, 6.45) is -0.408. The molecule has 5 heteroatoms. The third-order valence-corrected chi connectivity index (χ3v) is 4.28. The Hall–Kier alpha value is -0.970. The summed E-state index contributed by atoms with van der Waals surface area (Å²) in [5.74, 6) is -0.460. The van der Waals surface area contributed by atoms with Crippen LogP contribution in [0.2, 0.25) is 5.02 Å². The number of rotatable bonds is 3. The van der Waals surface area contributed by atoms with Crippen LogP contribution in [0.4, 0.5) is 4.39 Å². The van der Waals surface area contributed by atoms with Crippen molar-refractivity contribution >= 4 is 22.9 Å². The van der Waals surface area contributed by atoms with Gasteiger partial charge in [-0.2, -0.15) is 0 Å². The van der Waals surface area contributed by atoms with E-state index in [1.165, 1.54) is 17.4 Å². The molecule has 1 atom stereocenters. The molecule has 18 heavy (non-hydrogen) atoms. The molecule has 0 spiro atoms. The van der Waals surface area contributed by atoms with Crippen molar-refractivity contribution in [3.05, 3.63) is 50.2 Å². The lowest BCUT2D eigenvalue weighted by atomic mass is 10.1. The van der Waals surface area contributed by atoms with Gasteiger partial charge in [0.25, 0.3) is 0 Å². The number of nitrogens with zero attached hydrogens (tertiary/aromatic N) is 1. The van der Waals surface area contributed by atoms with Crippen LogP contribution in [0.3, 0.4) is 0 Å². The Bertz CT molecular complexity index is 570. The van der Waals surface area contributed by atoms with Crippen molar-refractivity contribution in [1.82, 2.24) is 4.98 Å². The minimum absolute atomic E-state index is 0.0791. The highest BCUT2D eigenvalue weighted by atomic mass is 35.5. The lowest BCUT2D eigenvalue weighted by molar-refractivity contribution is 0.181. The lowest BCUT2D eigenvalue weighted by Crippen LogP contribution is -2.02. The Balaban J connectivity index is 2.24. The fraction of sp³-hybridized carbons (Fsp3) is 0.308. The average Bonchev–Trinajstić information content (AvgIpc) is 2.64. The largest absolute Gasteiger partial charge is 0.387 e. The second kappa shape index (κ2) is 5.34. The van der Waals surface area contributed by atoms with Crippen molar-refractivity contribution in [3.63, 3.8) is 0 Å². The zero-order valence-electron chi connectivity index (χ0n) is 10.1.